The van der Waals surface area contributed by atoms with Crippen LogP contribution in [0.5, 0.6) is 0 Å². The summed E-state index contributed by atoms with van der Waals surface area (Å²) in [4.78, 5) is 1.25. The predicted octanol–water partition coefficient (Wildman–Crippen LogP) is 2.60. The Morgan fingerprint density at radius 2 is 2.32 bits per heavy atom. The van der Waals surface area contributed by atoms with Crippen LogP contribution in [-0.4, -0.2) is 33.0 Å². The van der Waals surface area contributed by atoms with Gasteiger partial charge in [0.25, 0.3) is 0 Å². The average molecular weight is 322 g/mol. The van der Waals surface area contributed by atoms with Gasteiger partial charge in [0, 0.05) is 4.88 Å². The third kappa shape index (κ3) is 4.45. The van der Waals surface area contributed by atoms with Crippen LogP contribution < -0.4 is 5.32 Å². The van der Waals surface area contributed by atoms with Crippen molar-refractivity contribution >= 4 is 32.8 Å². The van der Waals surface area contributed by atoms with Crippen LogP contribution in [0.2, 0.25) is 4.34 Å². The summed E-state index contributed by atoms with van der Waals surface area (Å²) in [6.07, 6.45) is 1.72. The molecule has 1 saturated heterocycles. The zero-order valence-corrected chi connectivity index (χ0v) is 13.5. The molecule has 2 unspecified atom stereocenters. The lowest BCUT2D eigenvalue weighted by Gasteiger charge is -2.22. The summed E-state index contributed by atoms with van der Waals surface area (Å²) in [6, 6.07) is 3.96. The van der Waals surface area contributed by atoms with Crippen molar-refractivity contribution in [3.05, 3.63) is 21.3 Å². The summed E-state index contributed by atoms with van der Waals surface area (Å²) in [7, 11) is -2.80. The van der Waals surface area contributed by atoms with Gasteiger partial charge in [-0.05, 0) is 49.9 Å². The summed E-state index contributed by atoms with van der Waals surface area (Å²) in [5.74, 6) is 1.37. The third-order valence-corrected chi connectivity index (χ3v) is 6.73. The van der Waals surface area contributed by atoms with Gasteiger partial charge < -0.3 is 5.32 Å². The van der Waals surface area contributed by atoms with Crippen LogP contribution in [0.4, 0.5) is 0 Å². The molecule has 0 saturated carbocycles. The van der Waals surface area contributed by atoms with E-state index >= 15 is 0 Å². The zero-order chi connectivity index (χ0) is 13.9. The molecule has 1 aliphatic heterocycles. The molecule has 0 aliphatic carbocycles. The molecular formula is C13H20ClNO2S2. The van der Waals surface area contributed by atoms with E-state index in [9.17, 15) is 8.42 Å². The van der Waals surface area contributed by atoms with E-state index in [2.05, 4.69) is 18.3 Å². The molecule has 19 heavy (non-hydrogen) atoms. The quantitative estimate of drug-likeness (QED) is 0.876. The second kappa shape index (κ2) is 6.57. The van der Waals surface area contributed by atoms with Crippen molar-refractivity contribution in [2.45, 2.75) is 19.8 Å². The van der Waals surface area contributed by atoms with Gasteiger partial charge in [0.1, 0.15) is 0 Å². The highest BCUT2D eigenvalue weighted by Gasteiger charge is 2.33. The van der Waals surface area contributed by atoms with Gasteiger partial charge in [0.05, 0.1) is 15.8 Å². The van der Waals surface area contributed by atoms with Crippen molar-refractivity contribution in [1.82, 2.24) is 5.32 Å². The maximum absolute atomic E-state index is 11.6. The van der Waals surface area contributed by atoms with Crippen molar-refractivity contribution in [2.24, 2.45) is 11.8 Å². The molecule has 0 aromatic carbocycles. The molecular weight excluding hydrogens is 302 g/mol. The van der Waals surface area contributed by atoms with E-state index in [1.807, 2.05) is 6.07 Å². The number of halogens is 1. The third-order valence-electron chi connectivity index (χ3n) is 3.68. The van der Waals surface area contributed by atoms with E-state index < -0.39 is 9.84 Å². The lowest BCUT2D eigenvalue weighted by molar-refractivity contribution is 0.348. The fourth-order valence-corrected chi connectivity index (χ4v) is 5.75. The van der Waals surface area contributed by atoms with Crippen LogP contribution in [-0.2, 0) is 16.3 Å². The maximum atomic E-state index is 11.6. The minimum absolute atomic E-state index is 0.282. The Kier molecular flexibility index (Phi) is 5.29. The predicted molar refractivity (Wildman–Crippen MR) is 81.8 cm³/mol. The van der Waals surface area contributed by atoms with Gasteiger partial charge in [-0.2, -0.15) is 0 Å². The smallest absolute Gasteiger partial charge is 0.150 e. The first-order chi connectivity index (χ1) is 9.00. The number of hydrogen-bond acceptors (Lipinski definition) is 4. The number of nitrogens with one attached hydrogen (secondary N) is 1. The fraction of sp³-hybridized carbons (Fsp3) is 0.692. The number of rotatable bonds is 6. The molecule has 1 N–H and O–H groups in total. The minimum atomic E-state index is -2.80. The first-order valence-electron chi connectivity index (χ1n) is 6.65. The number of thiophene rings is 1. The highest BCUT2D eigenvalue weighted by atomic mass is 35.5. The van der Waals surface area contributed by atoms with Crippen molar-refractivity contribution in [1.29, 1.82) is 0 Å². The molecule has 0 bridgehead atoms. The van der Waals surface area contributed by atoms with Crippen molar-refractivity contribution in [3.63, 3.8) is 0 Å². The summed E-state index contributed by atoms with van der Waals surface area (Å²) in [6.45, 7) is 3.87. The highest BCUT2D eigenvalue weighted by molar-refractivity contribution is 7.91. The SMILES string of the molecule is CCNCC(Cc1ccc(Cl)s1)C1CCS(=O)(=O)C1. The number of sulfone groups is 1. The first-order valence-corrected chi connectivity index (χ1v) is 9.67. The van der Waals surface area contributed by atoms with Gasteiger partial charge in [0.15, 0.2) is 9.84 Å². The van der Waals surface area contributed by atoms with Crippen LogP contribution in [0.25, 0.3) is 0 Å². The van der Waals surface area contributed by atoms with E-state index in [0.29, 0.717) is 17.4 Å². The zero-order valence-electron chi connectivity index (χ0n) is 11.1. The van der Waals surface area contributed by atoms with E-state index in [1.54, 1.807) is 11.3 Å². The molecule has 0 radical (unpaired) electrons. The molecule has 1 aromatic heterocycles. The van der Waals surface area contributed by atoms with E-state index in [-0.39, 0.29) is 5.92 Å². The van der Waals surface area contributed by atoms with Crippen LogP contribution >= 0.6 is 22.9 Å². The van der Waals surface area contributed by atoms with E-state index in [1.165, 1.54) is 4.88 Å². The van der Waals surface area contributed by atoms with Crippen LogP contribution in [0.3, 0.4) is 0 Å². The second-order valence-electron chi connectivity index (χ2n) is 5.14. The van der Waals surface area contributed by atoms with Crippen molar-refractivity contribution in [2.75, 3.05) is 24.6 Å². The highest BCUT2D eigenvalue weighted by Crippen LogP contribution is 2.31. The van der Waals surface area contributed by atoms with Crippen LogP contribution in [0.15, 0.2) is 12.1 Å². The lowest BCUT2D eigenvalue weighted by atomic mass is 9.88. The standard InChI is InChI=1S/C13H20ClNO2S2/c1-2-15-8-11(7-12-3-4-13(14)18-12)10-5-6-19(16,17)9-10/h3-4,10-11,15H,2,5-9H2,1H3. The Hall–Kier alpha value is -0.100. The normalized spacial score (nSPS) is 23.6. The molecule has 0 spiro atoms. The molecule has 2 heterocycles. The van der Waals surface area contributed by atoms with E-state index in [4.69, 9.17) is 11.6 Å². The molecule has 108 valence electrons. The molecule has 1 aliphatic rings. The van der Waals surface area contributed by atoms with Gasteiger partial charge in [-0.3, -0.25) is 0 Å². The summed E-state index contributed by atoms with van der Waals surface area (Å²) in [5, 5.41) is 3.36. The van der Waals surface area contributed by atoms with Gasteiger partial charge in [-0.25, -0.2) is 8.42 Å². The molecule has 2 atom stereocenters. The van der Waals surface area contributed by atoms with E-state index in [0.717, 1.165) is 30.3 Å². The fourth-order valence-electron chi connectivity index (χ4n) is 2.65. The minimum Gasteiger partial charge on any atom is -0.317 e. The monoisotopic (exact) mass is 321 g/mol. The maximum Gasteiger partial charge on any atom is 0.150 e. The summed E-state index contributed by atoms with van der Waals surface area (Å²) < 4.78 is 24.1. The molecule has 1 aromatic rings. The molecule has 1 fully saturated rings. The second-order valence-corrected chi connectivity index (χ2v) is 9.17. The van der Waals surface area contributed by atoms with Gasteiger partial charge in [0.2, 0.25) is 0 Å². The van der Waals surface area contributed by atoms with Crippen molar-refractivity contribution in [3.8, 4) is 0 Å². The molecule has 2 rings (SSSR count). The van der Waals surface area contributed by atoms with Crippen LogP contribution in [0.1, 0.15) is 18.2 Å². The van der Waals surface area contributed by atoms with Crippen molar-refractivity contribution < 1.29 is 8.42 Å². The first kappa shape index (κ1) is 15.3. The Morgan fingerprint density at radius 1 is 1.53 bits per heavy atom. The topological polar surface area (TPSA) is 46.2 Å². The Labute approximate surface area is 124 Å². The average Bonchev–Trinajstić information content (AvgIpc) is 2.90. The van der Waals surface area contributed by atoms with Crippen LogP contribution in [0, 0.1) is 11.8 Å². The Bertz CT molecular complexity index is 512. The summed E-state index contributed by atoms with van der Waals surface area (Å²) in [5.41, 5.74) is 0. The number of hydrogen-bond donors (Lipinski definition) is 1. The van der Waals surface area contributed by atoms with Gasteiger partial charge in [-0.1, -0.05) is 18.5 Å². The largest absolute Gasteiger partial charge is 0.317 e. The lowest BCUT2D eigenvalue weighted by Crippen LogP contribution is -2.30. The molecule has 3 nitrogen and oxygen atoms in total. The van der Waals surface area contributed by atoms with Gasteiger partial charge >= 0.3 is 0 Å². The Morgan fingerprint density at radius 3 is 2.84 bits per heavy atom. The molecule has 0 amide bonds. The Balaban J connectivity index is 2.03. The summed E-state index contributed by atoms with van der Waals surface area (Å²) >= 11 is 7.56. The van der Waals surface area contributed by atoms with Gasteiger partial charge in [-0.15, -0.1) is 11.3 Å². The molecule has 6 heteroatoms.